The van der Waals surface area contributed by atoms with Crippen LogP contribution in [0.2, 0.25) is 0 Å². The van der Waals surface area contributed by atoms with Gasteiger partial charge in [0, 0.05) is 11.4 Å². The van der Waals surface area contributed by atoms with E-state index < -0.39 is 0 Å². The first-order valence-electron chi connectivity index (χ1n) is 9.11. The third-order valence-electron chi connectivity index (χ3n) is 5.55. The molecular weight excluding hydrogens is 328 g/mol. The zero-order chi connectivity index (χ0) is 18.4. The molecule has 0 atom stereocenters. The van der Waals surface area contributed by atoms with Crippen molar-refractivity contribution in [3.8, 4) is 0 Å². The minimum Gasteiger partial charge on any atom is -0.399 e. The first kappa shape index (κ1) is 15.7. The molecule has 0 saturated carbocycles. The molecule has 3 aromatic carbocycles. The van der Waals surface area contributed by atoms with Gasteiger partial charge in [-0.25, -0.2) is 0 Å². The number of hydrogen-bond donors (Lipinski definition) is 2. The Kier molecular flexibility index (Phi) is 3.34. The monoisotopic (exact) mass is 348 g/mol. The lowest BCUT2D eigenvalue weighted by Gasteiger charge is -2.32. The molecule has 0 heterocycles. The van der Waals surface area contributed by atoms with E-state index in [2.05, 4.69) is 72.8 Å². The second kappa shape index (κ2) is 5.75. The van der Waals surface area contributed by atoms with Gasteiger partial charge in [-0.2, -0.15) is 0 Å². The number of allylic oxidation sites excluding steroid dienone is 4. The highest BCUT2D eigenvalue weighted by Crippen LogP contribution is 2.42. The molecule has 4 N–H and O–H groups in total. The van der Waals surface area contributed by atoms with Gasteiger partial charge in [0.15, 0.2) is 0 Å². The normalized spacial score (nSPS) is 16.3. The average Bonchev–Trinajstić information content (AvgIpc) is 3.06. The van der Waals surface area contributed by atoms with E-state index in [1.54, 1.807) is 0 Å². The van der Waals surface area contributed by atoms with Crippen LogP contribution in [0.15, 0.2) is 96.6 Å². The molecule has 130 valence electrons. The Bertz CT molecular complexity index is 1170. The molecule has 0 bridgehead atoms. The van der Waals surface area contributed by atoms with Crippen molar-refractivity contribution in [2.45, 2.75) is 5.41 Å². The summed E-state index contributed by atoms with van der Waals surface area (Å²) in [6, 6.07) is 24.8. The second-order valence-corrected chi connectivity index (χ2v) is 7.19. The van der Waals surface area contributed by atoms with Gasteiger partial charge < -0.3 is 11.5 Å². The predicted octanol–water partition coefficient (Wildman–Crippen LogP) is 3.28. The molecule has 0 amide bonds. The van der Waals surface area contributed by atoms with Gasteiger partial charge in [0.1, 0.15) is 0 Å². The molecule has 0 fully saturated rings. The third-order valence-corrected chi connectivity index (χ3v) is 5.55. The molecule has 0 saturated heterocycles. The van der Waals surface area contributed by atoms with Gasteiger partial charge in [-0.1, -0.05) is 66.8 Å². The van der Waals surface area contributed by atoms with Crippen LogP contribution in [-0.4, -0.2) is 0 Å². The fourth-order valence-electron chi connectivity index (χ4n) is 4.13. The smallest absolute Gasteiger partial charge is 0.0574 e. The Morgan fingerprint density at radius 3 is 1.89 bits per heavy atom. The second-order valence-electron chi connectivity index (χ2n) is 7.19. The Labute approximate surface area is 158 Å². The number of rotatable bonds is 2. The van der Waals surface area contributed by atoms with Crippen molar-refractivity contribution in [3.63, 3.8) is 0 Å². The molecule has 3 aromatic rings. The maximum Gasteiger partial charge on any atom is 0.0574 e. The molecule has 2 aliphatic rings. The Balaban J connectivity index is 1.78. The summed E-state index contributed by atoms with van der Waals surface area (Å²) in [5.41, 5.74) is 18.0. The van der Waals surface area contributed by atoms with Crippen LogP contribution in [0.5, 0.6) is 0 Å². The van der Waals surface area contributed by atoms with E-state index in [1.165, 1.54) is 32.7 Å². The summed E-state index contributed by atoms with van der Waals surface area (Å²) in [6.07, 6.45) is 9.18. The molecule has 0 spiro atoms. The highest BCUT2D eigenvalue weighted by atomic mass is 14.5. The summed E-state index contributed by atoms with van der Waals surface area (Å²) in [7, 11) is 0. The quantitative estimate of drug-likeness (QED) is 0.698. The standard InChI is InChI=1S/C25H20N2/c26-21-9-5-19(6-10-21)25(20-7-11-22(27)12-8-20)14-13-24-18(16-25)15-17-3-1-2-4-23(17)24/h1-16H,26-27H2. The highest BCUT2D eigenvalue weighted by molar-refractivity contribution is 5.90. The number of nitrogens with two attached hydrogens (primary N) is 2. The van der Waals surface area contributed by atoms with Crippen molar-refractivity contribution in [3.05, 3.63) is 118 Å². The number of benzene rings is 3. The average molecular weight is 348 g/mol. The largest absolute Gasteiger partial charge is 0.399 e. The third kappa shape index (κ3) is 2.42. The molecule has 2 aliphatic carbocycles. The van der Waals surface area contributed by atoms with Crippen LogP contribution in [0.1, 0.15) is 11.1 Å². The SMILES string of the molecule is Nc1ccc(C2(c3ccc(N)cc3)C=CC3=c4ccccc4=CC3=C2)cc1. The minimum atomic E-state index is -0.348. The van der Waals surface area contributed by atoms with Gasteiger partial charge >= 0.3 is 0 Å². The Morgan fingerprint density at radius 1 is 0.667 bits per heavy atom. The summed E-state index contributed by atoms with van der Waals surface area (Å²) in [4.78, 5) is 0. The zero-order valence-electron chi connectivity index (χ0n) is 14.9. The van der Waals surface area contributed by atoms with Crippen molar-refractivity contribution in [1.29, 1.82) is 0 Å². The van der Waals surface area contributed by atoms with Crippen molar-refractivity contribution in [2.24, 2.45) is 0 Å². The van der Waals surface area contributed by atoms with E-state index in [9.17, 15) is 0 Å². The highest BCUT2D eigenvalue weighted by Gasteiger charge is 2.33. The van der Waals surface area contributed by atoms with E-state index in [0.717, 1.165) is 11.4 Å². The van der Waals surface area contributed by atoms with Crippen molar-refractivity contribution in [2.75, 3.05) is 11.5 Å². The van der Waals surface area contributed by atoms with E-state index in [0.29, 0.717) is 0 Å². The van der Waals surface area contributed by atoms with Crippen molar-refractivity contribution < 1.29 is 0 Å². The lowest BCUT2D eigenvalue weighted by atomic mass is 9.70. The van der Waals surface area contributed by atoms with Crippen LogP contribution in [0.4, 0.5) is 11.4 Å². The number of hydrogen-bond acceptors (Lipinski definition) is 2. The number of nitrogen functional groups attached to an aromatic ring is 2. The zero-order valence-corrected chi connectivity index (χ0v) is 14.9. The van der Waals surface area contributed by atoms with E-state index in [-0.39, 0.29) is 5.41 Å². The maximum absolute atomic E-state index is 5.94. The fourth-order valence-corrected chi connectivity index (χ4v) is 4.13. The number of fused-ring (bicyclic) bond motifs is 2. The van der Waals surface area contributed by atoms with E-state index in [4.69, 9.17) is 11.5 Å². The molecule has 0 radical (unpaired) electrons. The van der Waals surface area contributed by atoms with Crippen molar-refractivity contribution in [1.82, 2.24) is 0 Å². The summed E-state index contributed by atoms with van der Waals surface area (Å²) in [5, 5.41) is 2.57. The van der Waals surface area contributed by atoms with Crippen LogP contribution < -0.4 is 21.9 Å². The lowest BCUT2D eigenvalue weighted by Crippen LogP contribution is -2.26. The van der Waals surface area contributed by atoms with E-state index in [1.807, 2.05) is 24.3 Å². The fraction of sp³-hybridized carbons (Fsp3) is 0.0400. The van der Waals surface area contributed by atoms with Gasteiger partial charge in [0.05, 0.1) is 5.41 Å². The number of anilines is 2. The molecule has 0 aromatic heterocycles. The van der Waals surface area contributed by atoms with Crippen LogP contribution in [-0.2, 0) is 5.41 Å². The molecule has 0 aliphatic heterocycles. The lowest BCUT2D eigenvalue weighted by molar-refractivity contribution is 0.808. The first-order valence-corrected chi connectivity index (χ1v) is 9.11. The predicted molar refractivity (Wildman–Crippen MR) is 113 cm³/mol. The van der Waals surface area contributed by atoms with Gasteiger partial charge in [-0.15, -0.1) is 0 Å². The first-order chi connectivity index (χ1) is 13.2. The van der Waals surface area contributed by atoms with Crippen LogP contribution >= 0.6 is 0 Å². The van der Waals surface area contributed by atoms with Crippen LogP contribution in [0, 0.1) is 0 Å². The maximum atomic E-state index is 5.94. The van der Waals surface area contributed by atoms with Gasteiger partial charge in [0.25, 0.3) is 0 Å². The topological polar surface area (TPSA) is 52.0 Å². The van der Waals surface area contributed by atoms with Gasteiger partial charge in [0.2, 0.25) is 0 Å². The molecule has 2 heteroatoms. The van der Waals surface area contributed by atoms with Gasteiger partial charge in [-0.05, 0) is 63.1 Å². The van der Waals surface area contributed by atoms with E-state index >= 15 is 0 Å². The van der Waals surface area contributed by atoms with Crippen LogP contribution in [0.3, 0.4) is 0 Å². The van der Waals surface area contributed by atoms with Crippen LogP contribution in [0.25, 0.3) is 11.6 Å². The molecule has 0 unspecified atom stereocenters. The Morgan fingerprint density at radius 2 is 1.26 bits per heavy atom. The molecular formula is C25H20N2. The van der Waals surface area contributed by atoms with Gasteiger partial charge in [-0.3, -0.25) is 0 Å². The molecule has 27 heavy (non-hydrogen) atoms. The minimum absolute atomic E-state index is 0.348. The summed E-state index contributed by atoms with van der Waals surface area (Å²) in [5.74, 6) is 0. The molecule has 5 rings (SSSR count). The Hall–Kier alpha value is -3.52. The molecule has 2 nitrogen and oxygen atoms in total. The summed E-state index contributed by atoms with van der Waals surface area (Å²) >= 11 is 0. The summed E-state index contributed by atoms with van der Waals surface area (Å²) < 4.78 is 0. The summed E-state index contributed by atoms with van der Waals surface area (Å²) in [6.45, 7) is 0. The van der Waals surface area contributed by atoms with Crippen molar-refractivity contribution >= 4 is 23.0 Å².